The van der Waals surface area contributed by atoms with Crippen LogP contribution in [0, 0.1) is 0 Å². The van der Waals surface area contributed by atoms with Crippen molar-refractivity contribution in [3.05, 3.63) is 12.1 Å². The Morgan fingerprint density at radius 1 is 0.541 bits per heavy atom. The van der Waals surface area contributed by atoms with E-state index in [1.54, 1.807) is 6.07 Å². The molecule has 3 saturated carbocycles. The number of hydrogen-bond acceptors (Lipinski definition) is 4. The van der Waals surface area contributed by atoms with Gasteiger partial charge in [0.05, 0.1) is 0 Å². The second-order valence-electron chi connectivity index (χ2n) is 12.5. The van der Waals surface area contributed by atoms with Gasteiger partial charge < -0.3 is 19.3 Å². The van der Waals surface area contributed by atoms with Crippen LogP contribution in [0.4, 0.5) is 0 Å². The van der Waals surface area contributed by atoms with E-state index in [9.17, 15) is 5.11 Å². The van der Waals surface area contributed by atoms with Crippen molar-refractivity contribution in [3.8, 4) is 23.0 Å². The largest absolute Gasteiger partial charge is 0.504 e. The second kappa shape index (κ2) is 13.0. The zero-order chi connectivity index (χ0) is 26.2. The van der Waals surface area contributed by atoms with Gasteiger partial charge >= 0.3 is 0 Å². The third kappa shape index (κ3) is 6.90. The molecule has 0 heterocycles. The summed E-state index contributed by atoms with van der Waals surface area (Å²) in [5, 5.41) is 11.3. The molecule has 0 radical (unpaired) electrons. The number of phenolic OH excluding ortho intramolecular Hbond substituents is 1. The van der Waals surface area contributed by atoms with Gasteiger partial charge in [0.25, 0.3) is 0 Å². The molecular formula is C33H54O4. The minimum Gasteiger partial charge on any atom is -0.504 e. The molecule has 0 saturated heterocycles. The van der Waals surface area contributed by atoms with Crippen molar-refractivity contribution in [1.29, 1.82) is 0 Å². The number of aromatic hydroxyl groups is 1. The fourth-order valence-corrected chi connectivity index (χ4v) is 7.64. The van der Waals surface area contributed by atoms with E-state index in [2.05, 4.69) is 20.8 Å². The Balaban J connectivity index is 1.77. The van der Waals surface area contributed by atoms with Gasteiger partial charge in [-0.2, -0.15) is 0 Å². The summed E-state index contributed by atoms with van der Waals surface area (Å²) in [5.41, 5.74) is -0.570. The Morgan fingerprint density at radius 3 is 1.32 bits per heavy atom. The Hall–Kier alpha value is -1.58. The Kier molecular flexibility index (Phi) is 9.97. The van der Waals surface area contributed by atoms with Gasteiger partial charge in [-0.3, -0.25) is 0 Å². The summed E-state index contributed by atoms with van der Waals surface area (Å²) < 4.78 is 21.2. The average molecular weight is 515 g/mol. The molecule has 3 aliphatic carbocycles. The first-order chi connectivity index (χ1) is 18.0. The zero-order valence-electron chi connectivity index (χ0n) is 24.2. The molecule has 0 amide bonds. The lowest BCUT2D eigenvalue weighted by molar-refractivity contribution is -0.0167. The summed E-state index contributed by atoms with van der Waals surface area (Å²) in [4.78, 5) is 0. The third-order valence-corrected chi connectivity index (χ3v) is 9.43. The maximum Gasteiger partial charge on any atom is 0.208 e. The lowest BCUT2D eigenvalue weighted by Crippen LogP contribution is -2.41. The van der Waals surface area contributed by atoms with Crippen LogP contribution in [-0.2, 0) is 0 Å². The van der Waals surface area contributed by atoms with Crippen molar-refractivity contribution in [1.82, 2.24) is 0 Å². The van der Waals surface area contributed by atoms with Crippen molar-refractivity contribution in [2.24, 2.45) is 0 Å². The van der Waals surface area contributed by atoms with Crippen molar-refractivity contribution >= 4 is 0 Å². The molecule has 0 unspecified atom stereocenters. The average Bonchev–Trinajstić information content (AvgIpc) is 2.90. The van der Waals surface area contributed by atoms with Crippen molar-refractivity contribution in [3.63, 3.8) is 0 Å². The second-order valence-corrected chi connectivity index (χ2v) is 12.5. The smallest absolute Gasteiger partial charge is 0.208 e. The zero-order valence-corrected chi connectivity index (χ0v) is 24.2. The molecule has 0 atom stereocenters. The molecule has 3 aliphatic rings. The molecule has 1 N–H and O–H groups in total. The molecule has 4 rings (SSSR count). The highest BCUT2D eigenvalue weighted by molar-refractivity contribution is 5.59. The van der Waals surface area contributed by atoms with Crippen molar-refractivity contribution in [2.75, 3.05) is 0 Å². The molecule has 0 aliphatic heterocycles. The van der Waals surface area contributed by atoms with E-state index in [-0.39, 0.29) is 22.6 Å². The van der Waals surface area contributed by atoms with Crippen LogP contribution in [0.1, 0.15) is 156 Å². The standard InChI is InChI=1S/C33H54O4/c1-4-18-31(21-10-7-11-22-31)35-28-17-16-27(34)29(36-32(19-5-2)23-12-8-13-24-32)30(28)37-33(20-6-3)25-14-9-15-26-33/h16-17,34H,4-15,18-26H2,1-3H3. The van der Waals surface area contributed by atoms with Gasteiger partial charge in [-0.05, 0) is 108 Å². The number of rotatable bonds is 12. The van der Waals surface area contributed by atoms with Crippen LogP contribution in [0.3, 0.4) is 0 Å². The predicted molar refractivity (Wildman–Crippen MR) is 152 cm³/mol. The van der Waals surface area contributed by atoms with Gasteiger partial charge in [0.15, 0.2) is 11.5 Å². The Bertz CT molecular complexity index is 812. The van der Waals surface area contributed by atoms with Crippen LogP contribution in [0.15, 0.2) is 12.1 Å². The third-order valence-electron chi connectivity index (χ3n) is 9.43. The van der Waals surface area contributed by atoms with Crippen LogP contribution >= 0.6 is 0 Å². The van der Waals surface area contributed by atoms with E-state index in [0.717, 1.165) is 82.8 Å². The summed E-state index contributed by atoms with van der Waals surface area (Å²) in [6.45, 7) is 6.76. The number of benzene rings is 1. The first-order valence-corrected chi connectivity index (χ1v) is 15.9. The van der Waals surface area contributed by atoms with Gasteiger partial charge in [-0.15, -0.1) is 0 Å². The highest BCUT2D eigenvalue weighted by Crippen LogP contribution is 2.53. The van der Waals surface area contributed by atoms with E-state index in [0.29, 0.717) is 11.5 Å². The number of ether oxygens (including phenoxy) is 3. The molecule has 0 bridgehead atoms. The van der Waals surface area contributed by atoms with Gasteiger partial charge in [-0.25, -0.2) is 0 Å². The van der Waals surface area contributed by atoms with Gasteiger partial charge in [0.1, 0.15) is 16.8 Å². The molecule has 0 aromatic heterocycles. The topological polar surface area (TPSA) is 47.9 Å². The van der Waals surface area contributed by atoms with Crippen LogP contribution in [0.2, 0.25) is 0 Å². The quantitative estimate of drug-likeness (QED) is 0.301. The van der Waals surface area contributed by atoms with Gasteiger partial charge in [-0.1, -0.05) is 59.3 Å². The van der Waals surface area contributed by atoms with Crippen molar-refractivity contribution in [2.45, 2.75) is 172 Å². The maximum atomic E-state index is 11.3. The van der Waals surface area contributed by atoms with Gasteiger partial charge in [0.2, 0.25) is 11.5 Å². The molecular weight excluding hydrogens is 460 g/mol. The Labute approximate surface area is 226 Å². The highest BCUT2D eigenvalue weighted by Gasteiger charge is 2.41. The van der Waals surface area contributed by atoms with Crippen LogP contribution in [0.5, 0.6) is 23.0 Å². The summed E-state index contributed by atoms with van der Waals surface area (Å²) in [7, 11) is 0. The van der Waals surface area contributed by atoms with Crippen molar-refractivity contribution < 1.29 is 19.3 Å². The number of phenols is 1. The van der Waals surface area contributed by atoms with E-state index in [1.165, 1.54) is 57.8 Å². The summed E-state index contributed by atoms with van der Waals surface area (Å²) in [5.74, 6) is 2.19. The molecule has 0 spiro atoms. The maximum absolute atomic E-state index is 11.3. The fourth-order valence-electron chi connectivity index (χ4n) is 7.64. The van der Waals surface area contributed by atoms with E-state index < -0.39 is 0 Å². The normalized spacial score (nSPS) is 22.8. The first-order valence-electron chi connectivity index (χ1n) is 15.9. The summed E-state index contributed by atoms with van der Waals surface area (Å²) in [6.07, 6.45) is 23.8. The van der Waals surface area contributed by atoms with E-state index in [4.69, 9.17) is 14.2 Å². The minimum absolute atomic E-state index is 0.143. The molecule has 1 aromatic rings. The molecule has 3 fully saturated rings. The monoisotopic (exact) mass is 514 g/mol. The minimum atomic E-state index is -0.225. The lowest BCUT2D eigenvalue weighted by Gasteiger charge is -2.42. The van der Waals surface area contributed by atoms with Gasteiger partial charge in [0, 0.05) is 0 Å². The SMILES string of the molecule is CCCC1(Oc2ccc(O)c(OC3(CCC)CCCCC3)c2OC2(CCC)CCCCC2)CCCCC1. The lowest BCUT2D eigenvalue weighted by atomic mass is 9.81. The molecule has 1 aromatic carbocycles. The highest BCUT2D eigenvalue weighted by atomic mass is 16.6. The molecule has 4 heteroatoms. The predicted octanol–water partition coefficient (Wildman–Crippen LogP) is 10.0. The summed E-state index contributed by atoms with van der Waals surface area (Å²) in [6, 6.07) is 3.75. The van der Waals surface area contributed by atoms with Crippen LogP contribution < -0.4 is 14.2 Å². The number of hydrogen-bond donors (Lipinski definition) is 1. The van der Waals surface area contributed by atoms with Crippen LogP contribution in [0.25, 0.3) is 0 Å². The first kappa shape index (κ1) is 28.4. The Morgan fingerprint density at radius 2 is 0.919 bits per heavy atom. The molecule has 37 heavy (non-hydrogen) atoms. The van der Waals surface area contributed by atoms with E-state index in [1.807, 2.05) is 6.07 Å². The van der Waals surface area contributed by atoms with E-state index >= 15 is 0 Å². The van der Waals surface area contributed by atoms with Crippen LogP contribution in [-0.4, -0.2) is 21.9 Å². The molecule has 210 valence electrons. The molecule has 4 nitrogen and oxygen atoms in total. The summed E-state index contributed by atoms with van der Waals surface area (Å²) >= 11 is 0. The fraction of sp³-hybridized carbons (Fsp3) is 0.818.